The monoisotopic (exact) mass is 227 g/mol. The largest absolute Gasteiger partial charge is 0.379 e. The summed E-state index contributed by atoms with van der Waals surface area (Å²) in [6, 6.07) is 7.70. The summed E-state index contributed by atoms with van der Waals surface area (Å²) in [6.07, 6.45) is 1.86. The zero-order valence-corrected chi connectivity index (χ0v) is 9.81. The van der Waals surface area contributed by atoms with Gasteiger partial charge in [0.15, 0.2) is 0 Å². The number of aromatic nitrogens is 3. The molecule has 0 saturated carbocycles. The van der Waals surface area contributed by atoms with Gasteiger partial charge < -0.3 is 5.32 Å². The highest BCUT2D eigenvalue weighted by atomic mass is 15.4. The maximum Gasteiger partial charge on any atom is 0.102 e. The average molecular weight is 227 g/mol. The molecule has 2 aromatic rings. The molecule has 5 heteroatoms. The van der Waals surface area contributed by atoms with Crippen LogP contribution >= 0.6 is 0 Å². The van der Waals surface area contributed by atoms with E-state index in [0.29, 0.717) is 12.1 Å². The van der Waals surface area contributed by atoms with E-state index in [1.807, 2.05) is 38.4 Å². The Morgan fingerprint density at radius 2 is 2.29 bits per heavy atom. The van der Waals surface area contributed by atoms with E-state index < -0.39 is 0 Å². The molecule has 17 heavy (non-hydrogen) atoms. The number of anilines is 1. The van der Waals surface area contributed by atoms with Crippen molar-refractivity contribution in [2.75, 3.05) is 5.32 Å². The third kappa shape index (κ3) is 2.61. The Bertz CT molecular complexity index is 565. The maximum atomic E-state index is 8.84. The van der Waals surface area contributed by atoms with E-state index in [9.17, 15) is 0 Å². The number of aryl methyl sites for hydroxylation is 2. The van der Waals surface area contributed by atoms with E-state index in [4.69, 9.17) is 5.26 Å². The van der Waals surface area contributed by atoms with E-state index in [2.05, 4.69) is 21.7 Å². The molecule has 0 bridgehead atoms. The fourth-order valence-electron chi connectivity index (χ4n) is 1.54. The molecule has 0 atom stereocenters. The molecule has 0 aliphatic rings. The summed E-state index contributed by atoms with van der Waals surface area (Å²) in [6.45, 7) is 2.60. The van der Waals surface area contributed by atoms with Crippen LogP contribution in [0.5, 0.6) is 0 Å². The Balaban J connectivity index is 2.11. The summed E-state index contributed by atoms with van der Waals surface area (Å²) < 4.78 is 1.66. The predicted octanol–water partition coefficient (Wildman–Crippen LogP) is 1.61. The van der Waals surface area contributed by atoms with Gasteiger partial charge >= 0.3 is 0 Å². The zero-order chi connectivity index (χ0) is 12.3. The van der Waals surface area contributed by atoms with E-state index in [-0.39, 0.29) is 0 Å². The quantitative estimate of drug-likeness (QED) is 0.865. The smallest absolute Gasteiger partial charge is 0.102 e. The van der Waals surface area contributed by atoms with Gasteiger partial charge in [-0.3, -0.25) is 4.68 Å². The van der Waals surface area contributed by atoms with E-state index >= 15 is 0 Å². The van der Waals surface area contributed by atoms with Crippen LogP contribution in [0.1, 0.15) is 16.8 Å². The molecule has 0 spiro atoms. The topological polar surface area (TPSA) is 66.5 Å². The lowest BCUT2D eigenvalue weighted by molar-refractivity contribution is 0.713. The summed E-state index contributed by atoms with van der Waals surface area (Å²) in [7, 11) is 1.83. The van der Waals surface area contributed by atoms with Crippen molar-refractivity contribution in [3.05, 3.63) is 41.2 Å². The van der Waals surface area contributed by atoms with Crippen molar-refractivity contribution < 1.29 is 0 Å². The van der Waals surface area contributed by atoms with Gasteiger partial charge in [0.1, 0.15) is 5.69 Å². The van der Waals surface area contributed by atoms with Crippen LogP contribution in [0.3, 0.4) is 0 Å². The fraction of sp³-hybridized carbons (Fsp3) is 0.250. The second kappa shape index (κ2) is 4.66. The predicted molar refractivity (Wildman–Crippen MR) is 64.2 cm³/mol. The third-order valence-electron chi connectivity index (χ3n) is 2.48. The van der Waals surface area contributed by atoms with Gasteiger partial charge in [-0.25, -0.2) is 0 Å². The Morgan fingerprint density at radius 1 is 1.47 bits per heavy atom. The molecule has 0 unspecified atom stereocenters. The molecule has 1 heterocycles. The molecule has 0 saturated heterocycles. The zero-order valence-electron chi connectivity index (χ0n) is 9.81. The fourth-order valence-corrected chi connectivity index (χ4v) is 1.54. The van der Waals surface area contributed by atoms with Gasteiger partial charge in [0, 0.05) is 18.9 Å². The van der Waals surface area contributed by atoms with Crippen LogP contribution in [0.4, 0.5) is 5.69 Å². The molecule has 0 radical (unpaired) electrons. The summed E-state index contributed by atoms with van der Waals surface area (Å²) in [4.78, 5) is 0. The Kier molecular flexibility index (Phi) is 3.06. The molecule has 1 aromatic carbocycles. The standard InChI is InChI=1S/C12H13N5/c1-9-3-4-10(6-13)5-12(9)14-7-11-8-17(2)16-15-11/h3-5,8,14H,7H2,1-2H3. The van der Waals surface area contributed by atoms with Crippen LogP contribution in [0, 0.1) is 18.3 Å². The van der Waals surface area contributed by atoms with Gasteiger partial charge in [-0.1, -0.05) is 11.3 Å². The molecule has 0 aliphatic heterocycles. The lowest BCUT2D eigenvalue weighted by Gasteiger charge is -2.07. The summed E-state index contributed by atoms with van der Waals surface area (Å²) >= 11 is 0. The molecule has 0 aliphatic carbocycles. The highest BCUT2D eigenvalue weighted by molar-refractivity contribution is 5.55. The molecule has 0 amide bonds. The van der Waals surface area contributed by atoms with Gasteiger partial charge in [0.05, 0.1) is 18.2 Å². The molecule has 0 fully saturated rings. The molecule has 86 valence electrons. The molecule has 2 rings (SSSR count). The SMILES string of the molecule is Cc1ccc(C#N)cc1NCc1cn(C)nn1. The van der Waals surface area contributed by atoms with Crippen LogP contribution in [0.15, 0.2) is 24.4 Å². The third-order valence-corrected chi connectivity index (χ3v) is 2.48. The highest BCUT2D eigenvalue weighted by Crippen LogP contribution is 2.16. The molecular formula is C12H13N5. The van der Waals surface area contributed by atoms with Crippen LogP contribution in [-0.4, -0.2) is 15.0 Å². The number of nitrogens with zero attached hydrogens (tertiary/aromatic N) is 4. The summed E-state index contributed by atoms with van der Waals surface area (Å²) in [5, 5.41) is 19.9. The first kappa shape index (κ1) is 11.1. The Morgan fingerprint density at radius 3 is 2.94 bits per heavy atom. The van der Waals surface area contributed by atoms with Crippen molar-refractivity contribution in [2.45, 2.75) is 13.5 Å². The second-order valence-electron chi connectivity index (χ2n) is 3.88. The summed E-state index contributed by atoms with van der Waals surface area (Å²) in [5.74, 6) is 0. The first-order valence-electron chi connectivity index (χ1n) is 5.29. The number of rotatable bonds is 3. The average Bonchev–Trinajstić information content (AvgIpc) is 2.74. The molecular weight excluding hydrogens is 214 g/mol. The summed E-state index contributed by atoms with van der Waals surface area (Å²) in [5.41, 5.74) is 3.58. The minimum absolute atomic E-state index is 0.601. The van der Waals surface area contributed by atoms with Gasteiger partial charge in [0.25, 0.3) is 0 Å². The van der Waals surface area contributed by atoms with Crippen LogP contribution < -0.4 is 5.32 Å². The van der Waals surface area contributed by atoms with Gasteiger partial charge in [-0.05, 0) is 24.6 Å². The number of benzene rings is 1. The second-order valence-corrected chi connectivity index (χ2v) is 3.88. The van der Waals surface area contributed by atoms with Gasteiger partial charge in [0.2, 0.25) is 0 Å². The van der Waals surface area contributed by atoms with Crippen molar-refractivity contribution in [1.29, 1.82) is 5.26 Å². The van der Waals surface area contributed by atoms with E-state index in [1.165, 1.54) is 0 Å². The maximum absolute atomic E-state index is 8.84. The normalized spacial score (nSPS) is 9.94. The first-order chi connectivity index (χ1) is 8.19. The lowest BCUT2D eigenvalue weighted by Crippen LogP contribution is -2.01. The van der Waals surface area contributed by atoms with E-state index in [0.717, 1.165) is 16.9 Å². The van der Waals surface area contributed by atoms with Crippen molar-refractivity contribution >= 4 is 5.69 Å². The minimum atomic E-state index is 0.601. The number of nitriles is 1. The molecule has 1 aromatic heterocycles. The molecule has 1 N–H and O–H groups in total. The Labute approximate surface area is 99.7 Å². The van der Waals surface area contributed by atoms with Crippen molar-refractivity contribution in [2.24, 2.45) is 7.05 Å². The molecule has 5 nitrogen and oxygen atoms in total. The number of hydrogen-bond donors (Lipinski definition) is 1. The minimum Gasteiger partial charge on any atom is -0.379 e. The number of nitrogens with one attached hydrogen (secondary N) is 1. The van der Waals surface area contributed by atoms with Crippen LogP contribution in [-0.2, 0) is 13.6 Å². The number of hydrogen-bond acceptors (Lipinski definition) is 4. The van der Waals surface area contributed by atoms with Crippen LogP contribution in [0.2, 0.25) is 0 Å². The van der Waals surface area contributed by atoms with Gasteiger partial charge in [-0.2, -0.15) is 5.26 Å². The van der Waals surface area contributed by atoms with Crippen molar-refractivity contribution in [3.63, 3.8) is 0 Å². The first-order valence-corrected chi connectivity index (χ1v) is 5.29. The lowest BCUT2D eigenvalue weighted by atomic mass is 10.1. The van der Waals surface area contributed by atoms with E-state index in [1.54, 1.807) is 4.68 Å². The van der Waals surface area contributed by atoms with Crippen LogP contribution in [0.25, 0.3) is 0 Å². The highest BCUT2D eigenvalue weighted by Gasteiger charge is 2.02. The van der Waals surface area contributed by atoms with Gasteiger partial charge in [-0.15, -0.1) is 5.10 Å². The van der Waals surface area contributed by atoms with Crippen molar-refractivity contribution in [1.82, 2.24) is 15.0 Å². The van der Waals surface area contributed by atoms with Crippen molar-refractivity contribution in [3.8, 4) is 6.07 Å². The Hall–Kier alpha value is -2.35.